The molecule has 3 aromatic rings. The van der Waals surface area contributed by atoms with Crippen molar-refractivity contribution in [3.05, 3.63) is 41.6 Å². The first-order chi connectivity index (χ1) is 14.2. The molecule has 1 amide bonds. The smallest absolute Gasteiger partial charge is 0.256 e. The topological polar surface area (TPSA) is 92.6 Å². The molecule has 8 nitrogen and oxygen atoms in total. The van der Waals surface area contributed by atoms with Gasteiger partial charge in [-0.1, -0.05) is 12.1 Å². The maximum absolute atomic E-state index is 12.7. The van der Waals surface area contributed by atoms with Crippen LogP contribution in [-0.2, 0) is 6.42 Å². The third kappa shape index (κ3) is 3.24. The zero-order chi connectivity index (χ0) is 19.8. The Morgan fingerprint density at radius 3 is 2.97 bits per heavy atom. The quantitative estimate of drug-likeness (QED) is 0.618. The van der Waals surface area contributed by atoms with Gasteiger partial charge in [0.2, 0.25) is 0 Å². The summed E-state index contributed by atoms with van der Waals surface area (Å²) in [5.74, 6) is 2.12. The van der Waals surface area contributed by atoms with Crippen LogP contribution in [-0.4, -0.2) is 40.2 Å². The number of anilines is 3. The summed E-state index contributed by atoms with van der Waals surface area (Å²) in [6.07, 6.45) is 6.85. The van der Waals surface area contributed by atoms with Crippen molar-refractivity contribution < 1.29 is 9.53 Å². The largest absolute Gasteiger partial charge is 0.491 e. The van der Waals surface area contributed by atoms with E-state index >= 15 is 0 Å². The molecule has 0 saturated heterocycles. The van der Waals surface area contributed by atoms with Gasteiger partial charge < -0.3 is 20.7 Å². The lowest BCUT2D eigenvalue weighted by molar-refractivity contribution is 0.0918. The fourth-order valence-corrected chi connectivity index (χ4v) is 3.81. The Kier molecular flexibility index (Phi) is 4.46. The van der Waals surface area contributed by atoms with E-state index in [1.807, 2.05) is 25.2 Å². The Balaban J connectivity index is 1.51. The molecule has 0 unspecified atom stereocenters. The maximum Gasteiger partial charge on any atom is 0.256 e. The SMILES string of the molecule is CNc1cc(Nc2cccc3c2OCCC3)nc2c(C(=O)NC3CCC3)cnn12. The van der Waals surface area contributed by atoms with E-state index in [1.54, 1.807) is 10.7 Å². The van der Waals surface area contributed by atoms with Crippen molar-refractivity contribution >= 4 is 28.9 Å². The zero-order valence-corrected chi connectivity index (χ0v) is 16.4. The van der Waals surface area contributed by atoms with Crippen LogP contribution in [0.15, 0.2) is 30.5 Å². The molecule has 2 aliphatic rings. The summed E-state index contributed by atoms with van der Waals surface area (Å²) in [5, 5.41) is 13.9. The Morgan fingerprint density at radius 1 is 1.28 bits per heavy atom. The highest BCUT2D eigenvalue weighted by atomic mass is 16.5. The van der Waals surface area contributed by atoms with E-state index in [0.29, 0.717) is 23.6 Å². The third-order valence-corrected chi connectivity index (χ3v) is 5.61. The normalized spacial score (nSPS) is 15.9. The second-order valence-corrected chi connectivity index (χ2v) is 7.54. The van der Waals surface area contributed by atoms with Gasteiger partial charge in [0.05, 0.1) is 18.5 Å². The van der Waals surface area contributed by atoms with Crippen molar-refractivity contribution in [1.29, 1.82) is 0 Å². The molecule has 0 bridgehead atoms. The number of hydrogen-bond acceptors (Lipinski definition) is 6. The number of benzene rings is 1. The average Bonchev–Trinajstić information content (AvgIpc) is 3.14. The first kappa shape index (κ1) is 17.8. The number of rotatable bonds is 5. The molecule has 1 aliphatic carbocycles. The van der Waals surface area contributed by atoms with Crippen LogP contribution in [0.4, 0.5) is 17.3 Å². The van der Waals surface area contributed by atoms with Gasteiger partial charge in [0.25, 0.3) is 5.91 Å². The molecule has 0 radical (unpaired) electrons. The van der Waals surface area contributed by atoms with Gasteiger partial charge in [0.15, 0.2) is 5.65 Å². The van der Waals surface area contributed by atoms with E-state index in [2.05, 4.69) is 27.1 Å². The van der Waals surface area contributed by atoms with Crippen molar-refractivity contribution in [3.63, 3.8) is 0 Å². The average molecular weight is 392 g/mol. The summed E-state index contributed by atoms with van der Waals surface area (Å²) in [7, 11) is 1.82. The van der Waals surface area contributed by atoms with Gasteiger partial charge >= 0.3 is 0 Å². The van der Waals surface area contributed by atoms with Gasteiger partial charge in [-0.3, -0.25) is 4.79 Å². The Morgan fingerprint density at radius 2 is 2.17 bits per heavy atom. The molecule has 1 saturated carbocycles. The van der Waals surface area contributed by atoms with Crippen LogP contribution in [0.5, 0.6) is 5.75 Å². The first-order valence-corrected chi connectivity index (χ1v) is 10.1. The van der Waals surface area contributed by atoms with Gasteiger partial charge in [0, 0.05) is 19.2 Å². The molecule has 0 spiro atoms. The Bertz CT molecular complexity index is 1070. The number of fused-ring (bicyclic) bond motifs is 2. The van der Waals surface area contributed by atoms with Gasteiger partial charge in [-0.2, -0.15) is 9.61 Å². The van der Waals surface area contributed by atoms with Crippen LogP contribution in [0.2, 0.25) is 0 Å². The number of ether oxygens (including phenoxy) is 1. The lowest BCUT2D eigenvalue weighted by Crippen LogP contribution is -2.39. The molecule has 3 heterocycles. The van der Waals surface area contributed by atoms with Gasteiger partial charge in [0.1, 0.15) is 22.9 Å². The molecule has 1 aliphatic heterocycles. The number of nitrogens with one attached hydrogen (secondary N) is 3. The summed E-state index contributed by atoms with van der Waals surface area (Å²) in [4.78, 5) is 17.4. The molecule has 3 N–H and O–H groups in total. The van der Waals surface area contributed by atoms with E-state index in [0.717, 1.165) is 42.9 Å². The lowest BCUT2D eigenvalue weighted by Gasteiger charge is -2.26. The number of hydrogen-bond donors (Lipinski definition) is 3. The molecule has 1 fully saturated rings. The maximum atomic E-state index is 12.7. The highest BCUT2D eigenvalue weighted by molar-refractivity contribution is 6.00. The standard InChI is InChI=1S/C21H24N6O2/c1-22-18-11-17(25-16-9-2-5-13-6-4-10-29-19(13)16)26-20-15(12-23-27(18)20)21(28)24-14-7-3-8-14/h2,5,9,11-12,14,22H,3-4,6-8,10H2,1H3,(H,24,28)(H,25,26). The van der Waals surface area contributed by atoms with Crippen molar-refractivity contribution in [2.45, 2.75) is 38.1 Å². The second kappa shape index (κ2) is 7.27. The summed E-state index contributed by atoms with van der Waals surface area (Å²) in [5.41, 5.74) is 3.06. The minimum Gasteiger partial charge on any atom is -0.491 e. The predicted octanol–water partition coefficient (Wildman–Crippen LogP) is 3.12. The number of carbonyl (C=O) groups is 1. The first-order valence-electron chi connectivity index (χ1n) is 10.1. The van der Waals surface area contributed by atoms with Gasteiger partial charge in [-0.25, -0.2) is 4.98 Å². The molecule has 0 atom stereocenters. The second-order valence-electron chi connectivity index (χ2n) is 7.54. The minimum absolute atomic E-state index is 0.128. The Hall–Kier alpha value is -3.29. The molecular weight excluding hydrogens is 368 g/mol. The number of nitrogens with zero attached hydrogens (tertiary/aromatic N) is 3. The van der Waals surface area contributed by atoms with Crippen LogP contribution in [0.1, 0.15) is 41.6 Å². The lowest BCUT2D eigenvalue weighted by atomic mass is 9.93. The number of aromatic nitrogens is 3. The summed E-state index contributed by atoms with van der Waals surface area (Å²) < 4.78 is 7.54. The van der Waals surface area contributed by atoms with Crippen LogP contribution < -0.4 is 20.7 Å². The van der Waals surface area contributed by atoms with E-state index in [9.17, 15) is 4.79 Å². The molecule has 5 rings (SSSR count). The van der Waals surface area contributed by atoms with E-state index in [1.165, 1.54) is 12.0 Å². The highest BCUT2D eigenvalue weighted by Gasteiger charge is 2.23. The summed E-state index contributed by atoms with van der Waals surface area (Å²) in [6, 6.07) is 8.22. The summed E-state index contributed by atoms with van der Waals surface area (Å²) >= 11 is 0. The van der Waals surface area contributed by atoms with Crippen molar-refractivity contribution in [1.82, 2.24) is 19.9 Å². The van der Waals surface area contributed by atoms with E-state index < -0.39 is 0 Å². The van der Waals surface area contributed by atoms with E-state index in [-0.39, 0.29) is 11.9 Å². The monoisotopic (exact) mass is 392 g/mol. The molecule has 2 aromatic heterocycles. The van der Waals surface area contributed by atoms with Crippen LogP contribution in [0, 0.1) is 0 Å². The van der Waals surface area contributed by atoms with Crippen LogP contribution in [0.3, 0.4) is 0 Å². The summed E-state index contributed by atoms with van der Waals surface area (Å²) in [6.45, 7) is 0.716. The molecule has 29 heavy (non-hydrogen) atoms. The van der Waals surface area contributed by atoms with Crippen LogP contribution >= 0.6 is 0 Å². The number of aryl methyl sites for hydroxylation is 1. The molecular formula is C21H24N6O2. The molecule has 150 valence electrons. The number of para-hydroxylation sites is 1. The van der Waals surface area contributed by atoms with Crippen LogP contribution in [0.25, 0.3) is 5.65 Å². The van der Waals surface area contributed by atoms with Gasteiger partial charge in [-0.05, 0) is 43.7 Å². The fourth-order valence-electron chi connectivity index (χ4n) is 3.81. The Labute approximate surface area is 168 Å². The predicted molar refractivity (Wildman–Crippen MR) is 111 cm³/mol. The minimum atomic E-state index is -0.128. The van der Waals surface area contributed by atoms with Gasteiger partial charge in [-0.15, -0.1) is 0 Å². The number of amides is 1. The molecule has 1 aromatic carbocycles. The third-order valence-electron chi connectivity index (χ3n) is 5.61. The van der Waals surface area contributed by atoms with Crippen molar-refractivity contribution in [2.24, 2.45) is 0 Å². The number of carbonyl (C=O) groups excluding carboxylic acids is 1. The molecule has 8 heteroatoms. The van der Waals surface area contributed by atoms with E-state index in [4.69, 9.17) is 9.72 Å². The van der Waals surface area contributed by atoms with Crippen molar-refractivity contribution in [3.8, 4) is 5.75 Å². The fraction of sp³-hybridized carbons (Fsp3) is 0.381. The highest BCUT2D eigenvalue weighted by Crippen LogP contribution is 2.35. The van der Waals surface area contributed by atoms with Crippen molar-refractivity contribution in [2.75, 3.05) is 24.3 Å². The zero-order valence-electron chi connectivity index (χ0n) is 16.4.